The molecule has 224 valence electrons. The molecule has 1 N–H and O–H groups in total. The summed E-state index contributed by atoms with van der Waals surface area (Å²) in [6, 6.07) is 13.4. The molecule has 0 radical (unpaired) electrons. The van der Waals surface area contributed by atoms with Crippen LogP contribution in [0.25, 0.3) is 0 Å². The number of allylic oxidation sites excluding steroid dienone is 2. The number of dihydropyridines is 1. The summed E-state index contributed by atoms with van der Waals surface area (Å²) in [6.07, 6.45) is 3.80. The number of nitrogens with zero attached hydrogens (tertiary/aromatic N) is 1. The van der Waals surface area contributed by atoms with E-state index in [-0.39, 0.29) is 36.3 Å². The van der Waals surface area contributed by atoms with Crippen molar-refractivity contribution < 1.29 is 38.2 Å². The van der Waals surface area contributed by atoms with Gasteiger partial charge in [-0.2, -0.15) is 0 Å². The van der Waals surface area contributed by atoms with E-state index in [4.69, 9.17) is 23.7 Å². The molecule has 2 heterocycles. The number of rotatable bonds is 12. The van der Waals surface area contributed by atoms with Crippen LogP contribution >= 0.6 is 0 Å². The van der Waals surface area contributed by atoms with E-state index in [2.05, 4.69) is 5.32 Å². The number of nitro groups is 1. The van der Waals surface area contributed by atoms with Gasteiger partial charge in [-0.1, -0.05) is 24.3 Å². The van der Waals surface area contributed by atoms with Crippen molar-refractivity contribution in [1.29, 1.82) is 0 Å². The minimum atomic E-state index is -0.923. The summed E-state index contributed by atoms with van der Waals surface area (Å²) in [4.78, 5) is 37.0. The van der Waals surface area contributed by atoms with E-state index in [9.17, 15) is 19.7 Å². The summed E-state index contributed by atoms with van der Waals surface area (Å²) in [6.45, 7) is 4.75. The molecule has 1 unspecified atom stereocenters. The molecule has 2 aromatic rings. The fourth-order valence-corrected chi connectivity index (χ4v) is 5.07. The molecule has 2 atom stereocenters. The number of nitro benzene ring substituents is 1. The van der Waals surface area contributed by atoms with Gasteiger partial charge in [0.05, 0.1) is 35.7 Å². The van der Waals surface area contributed by atoms with E-state index in [1.807, 2.05) is 24.3 Å². The molecule has 2 aliphatic heterocycles. The van der Waals surface area contributed by atoms with Gasteiger partial charge in [0.25, 0.3) is 5.69 Å². The van der Waals surface area contributed by atoms with Crippen LogP contribution in [0.15, 0.2) is 71.1 Å². The van der Waals surface area contributed by atoms with Gasteiger partial charge in [-0.25, -0.2) is 9.59 Å². The third kappa shape index (κ3) is 7.74. The Morgan fingerprint density at radius 3 is 2.40 bits per heavy atom. The summed E-state index contributed by atoms with van der Waals surface area (Å²) in [5.74, 6) is -1.63. The van der Waals surface area contributed by atoms with Crippen molar-refractivity contribution in [2.45, 2.75) is 51.7 Å². The van der Waals surface area contributed by atoms with Crippen LogP contribution in [-0.2, 0) is 35.0 Å². The Labute approximate surface area is 244 Å². The van der Waals surface area contributed by atoms with Gasteiger partial charge >= 0.3 is 11.9 Å². The van der Waals surface area contributed by atoms with Gasteiger partial charge in [0.2, 0.25) is 0 Å². The molecule has 0 aromatic heterocycles. The predicted octanol–water partition coefficient (Wildman–Crippen LogP) is 4.71. The summed E-state index contributed by atoms with van der Waals surface area (Å²) < 4.78 is 27.6. The van der Waals surface area contributed by atoms with E-state index in [0.717, 1.165) is 37.9 Å². The van der Waals surface area contributed by atoms with Crippen LogP contribution in [0.2, 0.25) is 0 Å². The standard InChI is InChI=1S/C31H36N2O9/c1-20-27(30(34)38-3)29(23-7-6-8-24(19-23)33(36)37)28(21(2)32-20)31(35)42-18-17-39-25-12-10-22(11-13-25)14-16-41-26-9-4-5-15-40-26/h6-8,10-13,19,26,29,32H,4-5,9,14-18H2,1-3H3/t26-,29?/m0/s1. The van der Waals surface area contributed by atoms with Gasteiger partial charge in [0, 0.05) is 30.1 Å². The Kier molecular flexibility index (Phi) is 10.7. The van der Waals surface area contributed by atoms with Crippen molar-refractivity contribution in [3.05, 3.63) is 92.3 Å². The Balaban J connectivity index is 1.36. The number of esters is 2. The van der Waals surface area contributed by atoms with Crippen molar-refractivity contribution in [3.8, 4) is 5.75 Å². The Hall–Kier alpha value is -4.22. The van der Waals surface area contributed by atoms with Crippen LogP contribution in [0.3, 0.4) is 0 Å². The zero-order valence-electron chi connectivity index (χ0n) is 24.1. The second-order valence-corrected chi connectivity index (χ2v) is 10.0. The van der Waals surface area contributed by atoms with Gasteiger partial charge in [0.1, 0.15) is 19.0 Å². The maximum absolute atomic E-state index is 13.3. The van der Waals surface area contributed by atoms with Crippen LogP contribution < -0.4 is 10.1 Å². The minimum absolute atomic E-state index is 0.0511. The molecule has 2 aliphatic rings. The van der Waals surface area contributed by atoms with Crippen LogP contribution in [0.4, 0.5) is 5.69 Å². The van der Waals surface area contributed by atoms with Crippen molar-refractivity contribution in [2.75, 3.05) is 33.5 Å². The van der Waals surface area contributed by atoms with Crippen LogP contribution in [0.1, 0.15) is 50.2 Å². The van der Waals surface area contributed by atoms with Crippen molar-refractivity contribution >= 4 is 17.6 Å². The molecule has 0 aliphatic carbocycles. The molecule has 4 rings (SSSR count). The maximum atomic E-state index is 13.3. The smallest absolute Gasteiger partial charge is 0.336 e. The molecular weight excluding hydrogens is 544 g/mol. The number of non-ortho nitro benzene ring substituents is 1. The normalized spacial score (nSPS) is 18.7. The summed E-state index contributed by atoms with van der Waals surface area (Å²) in [7, 11) is 1.24. The Bertz CT molecular complexity index is 1340. The monoisotopic (exact) mass is 580 g/mol. The molecular formula is C31H36N2O9. The average molecular weight is 581 g/mol. The SMILES string of the molecule is COC(=O)C1=C(C)NC(C)=C(C(=O)OCCOc2ccc(CCO[C@H]3CCCCO3)cc2)C1c1cccc([N+](=O)[O-])c1. The van der Waals surface area contributed by atoms with Crippen LogP contribution in [0, 0.1) is 10.1 Å². The third-order valence-electron chi connectivity index (χ3n) is 7.14. The fraction of sp³-hybridized carbons (Fsp3) is 0.419. The minimum Gasteiger partial charge on any atom is -0.490 e. The number of hydrogen-bond acceptors (Lipinski definition) is 10. The first-order valence-electron chi connectivity index (χ1n) is 13.9. The highest BCUT2D eigenvalue weighted by atomic mass is 16.7. The third-order valence-corrected chi connectivity index (χ3v) is 7.14. The number of nitrogens with one attached hydrogen (secondary N) is 1. The van der Waals surface area contributed by atoms with Crippen molar-refractivity contribution in [2.24, 2.45) is 0 Å². The van der Waals surface area contributed by atoms with Crippen LogP contribution in [0.5, 0.6) is 5.75 Å². The topological polar surface area (TPSA) is 135 Å². The molecule has 0 bridgehead atoms. The highest BCUT2D eigenvalue weighted by molar-refractivity contribution is 5.99. The lowest BCUT2D eigenvalue weighted by atomic mass is 9.80. The van der Waals surface area contributed by atoms with Crippen molar-refractivity contribution in [3.63, 3.8) is 0 Å². The van der Waals surface area contributed by atoms with Crippen molar-refractivity contribution in [1.82, 2.24) is 5.32 Å². The van der Waals surface area contributed by atoms with Crippen LogP contribution in [-0.4, -0.2) is 56.7 Å². The van der Waals surface area contributed by atoms with Gasteiger partial charge in [0.15, 0.2) is 6.29 Å². The largest absolute Gasteiger partial charge is 0.490 e. The van der Waals surface area contributed by atoms with Gasteiger partial charge in [-0.15, -0.1) is 0 Å². The zero-order valence-corrected chi connectivity index (χ0v) is 24.1. The molecule has 1 fully saturated rings. The second-order valence-electron chi connectivity index (χ2n) is 10.0. The predicted molar refractivity (Wildman–Crippen MR) is 153 cm³/mol. The molecule has 1 saturated heterocycles. The van der Waals surface area contributed by atoms with E-state index in [0.29, 0.717) is 29.3 Å². The molecule has 42 heavy (non-hydrogen) atoms. The molecule has 0 amide bonds. The number of carbonyl (C=O) groups excluding carboxylic acids is 2. The summed E-state index contributed by atoms with van der Waals surface area (Å²) in [5, 5.41) is 14.5. The molecule has 11 nitrogen and oxygen atoms in total. The second kappa shape index (κ2) is 14.6. The van der Waals surface area contributed by atoms with Gasteiger partial charge < -0.3 is 29.0 Å². The van der Waals surface area contributed by atoms with E-state index in [1.165, 1.54) is 25.3 Å². The number of ether oxygens (including phenoxy) is 5. The van der Waals surface area contributed by atoms with E-state index < -0.39 is 22.8 Å². The molecule has 0 saturated carbocycles. The van der Waals surface area contributed by atoms with E-state index in [1.54, 1.807) is 19.9 Å². The molecule has 11 heteroatoms. The Morgan fingerprint density at radius 1 is 1.00 bits per heavy atom. The lowest BCUT2D eigenvalue weighted by Crippen LogP contribution is -2.32. The number of hydrogen-bond donors (Lipinski definition) is 1. The highest BCUT2D eigenvalue weighted by Gasteiger charge is 2.38. The number of methoxy groups -OCH3 is 1. The highest BCUT2D eigenvalue weighted by Crippen LogP contribution is 2.40. The lowest BCUT2D eigenvalue weighted by Gasteiger charge is -2.30. The Morgan fingerprint density at radius 2 is 1.74 bits per heavy atom. The lowest BCUT2D eigenvalue weighted by molar-refractivity contribution is -0.384. The van der Waals surface area contributed by atoms with Gasteiger partial charge in [-0.3, -0.25) is 10.1 Å². The van der Waals surface area contributed by atoms with Gasteiger partial charge in [-0.05, 0) is 62.8 Å². The quantitative estimate of drug-likeness (QED) is 0.163. The number of benzene rings is 2. The van der Waals surface area contributed by atoms with E-state index >= 15 is 0 Å². The first-order chi connectivity index (χ1) is 20.3. The first-order valence-corrected chi connectivity index (χ1v) is 13.9. The summed E-state index contributed by atoms with van der Waals surface area (Å²) in [5.41, 5.74) is 2.61. The fourth-order valence-electron chi connectivity index (χ4n) is 5.07. The first kappa shape index (κ1) is 30.7. The summed E-state index contributed by atoms with van der Waals surface area (Å²) >= 11 is 0. The maximum Gasteiger partial charge on any atom is 0.336 e. The average Bonchev–Trinajstić information content (AvgIpc) is 2.99. The zero-order chi connectivity index (χ0) is 30.1. The number of carbonyl (C=O) groups is 2. The molecule has 2 aromatic carbocycles. The molecule has 0 spiro atoms.